The molecule has 0 fully saturated rings. The van der Waals surface area contributed by atoms with Gasteiger partial charge in [0.05, 0.1) is 11.1 Å². The van der Waals surface area contributed by atoms with Gasteiger partial charge in [-0.05, 0) is 18.2 Å². The Kier molecular flexibility index (Phi) is 2.06. The Balaban J connectivity index is 2.80. The van der Waals surface area contributed by atoms with E-state index in [1.807, 2.05) is 0 Å². The predicted molar refractivity (Wildman–Crippen MR) is 51.0 cm³/mol. The zero-order valence-electron chi connectivity index (χ0n) is 6.82. The summed E-state index contributed by atoms with van der Waals surface area (Å²) in [6.07, 6.45) is -2.82. The maximum Gasteiger partial charge on any atom is 0.418 e. The lowest BCUT2D eigenvalue weighted by Gasteiger charge is -2.08. The molecule has 1 N–H and O–H groups in total. The summed E-state index contributed by atoms with van der Waals surface area (Å²) in [5.41, 5.74) is -0.521. The smallest absolute Gasteiger partial charge is 0.361 e. The molecule has 0 saturated carbocycles. The van der Waals surface area contributed by atoms with Gasteiger partial charge in [-0.3, -0.25) is 0 Å². The van der Waals surface area contributed by atoms with Gasteiger partial charge in [0.2, 0.25) is 0 Å². The third kappa shape index (κ3) is 1.41. The van der Waals surface area contributed by atoms with Crippen LogP contribution in [0.4, 0.5) is 13.2 Å². The topological polar surface area (TPSA) is 15.8 Å². The van der Waals surface area contributed by atoms with Crippen LogP contribution in [0.25, 0.3) is 10.9 Å². The maximum atomic E-state index is 12.5. The molecular formula is C9H5BrF3N. The summed E-state index contributed by atoms with van der Waals surface area (Å²) in [7, 11) is 0. The molecule has 0 aliphatic carbocycles. The Labute approximate surface area is 86.1 Å². The number of halogens is 4. The normalized spacial score (nSPS) is 12.3. The van der Waals surface area contributed by atoms with Gasteiger partial charge in [0.25, 0.3) is 0 Å². The number of benzene rings is 1. The third-order valence-electron chi connectivity index (χ3n) is 1.98. The number of hydrogen-bond acceptors (Lipinski definition) is 0. The molecule has 0 amide bonds. The highest BCUT2D eigenvalue weighted by molar-refractivity contribution is 9.10. The van der Waals surface area contributed by atoms with Gasteiger partial charge in [0.1, 0.15) is 0 Å². The van der Waals surface area contributed by atoms with Gasteiger partial charge in [0, 0.05) is 16.1 Å². The van der Waals surface area contributed by atoms with Crippen LogP contribution in [0.2, 0.25) is 0 Å². The van der Waals surface area contributed by atoms with Crippen LogP contribution < -0.4 is 0 Å². The molecule has 0 aliphatic rings. The van der Waals surface area contributed by atoms with Crippen molar-refractivity contribution >= 4 is 26.8 Å². The summed E-state index contributed by atoms with van der Waals surface area (Å²) in [6.45, 7) is 0. The van der Waals surface area contributed by atoms with Gasteiger partial charge < -0.3 is 4.98 Å². The Bertz CT molecular complexity index is 472. The average Bonchev–Trinajstić information content (AvgIpc) is 2.50. The van der Waals surface area contributed by atoms with Crippen molar-refractivity contribution in [1.82, 2.24) is 4.98 Å². The van der Waals surface area contributed by atoms with Crippen molar-refractivity contribution in [3.05, 3.63) is 34.4 Å². The maximum absolute atomic E-state index is 12.5. The van der Waals surface area contributed by atoms with E-state index in [1.54, 1.807) is 6.07 Å². The Hall–Kier alpha value is -0.970. The molecule has 0 spiro atoms. The molecular weight excluding hydrogens is 259 g/mol. The quantitative estimate of drug-likeness (QED) is 0.741. The number of aromatic nitrogens is 1. The first-order chi connectivity index (χ1) is 6.50. The van der Waals surface area contributed by atoms with Crippen LogP contribution in [-0.2, 0) is 6.18 Å². The van der Waals surface area contributed by atoms with Crippen molar-refractivity contribution in [3.63, 3.8) is 0 Å². The predicted octanol–water partition coefficient (Wildman–Crippen LogP) is 3.95. The summed E-state index contributed by atoms with van der Waals surface area (Å²) in [4.78, 5) is 2.59. The lowest BCUT2D eigenvalue weighted by atomic mass is 10.1. The molecule has 0 saturated heterocycles. The SMILES string of the molecule is FC(F)(F)c1ccc(Br)c2cc[nH]c12. The molecule has 2 rings (SSSR count). The fourth-order valence-electron chi connectivity index (χ4n) is 1.36. The molecule has 0 bridgehead atoms. The van der Waals surface area contributed by atoms with Gasteiger partial charge >= 0.3 is 6.18 Å². The van der Waals surface area contributed by atoms with Gasteiger partial charge in [-0.15, -0.1) is 0 Å². The molecule has 14 heavy (non-hydrogen) atoms. The number of rotatable bonds is 0. The standard InChI is InChI=1S/C9H5BrF3N/c10-7-2-1-6(9(11,12)13)8-5(7)3-4-14-8/h1-4,14H. The van der Waals surface area contributed by atoms with Crippen LogP contribution in [0, 0.1) is 0 Å². The van der Waals surface area contributed by atoms with Crippen molar-refractivity contribution in [2.45, 2.75) is 6.18 Å². The molecule has 2 aromatic rings. The molecule has 1 aromatic heterocycles. The number of hydrogen-bond donors (Lipinski definition) is 1. The molecule has 1 nitrogen and oxygen atoms in total. The molecule has 0 aliphatic heterocycles. The van der Waals surface area contributed by atoms with Crippen molar-refractivity contribution in [2.24, 2.45) is 0 Å². The van der Waals surface area contributed by atoms with Crippen LogP contribution in [0.3, 0.4) is 0 Å². The van der Waals surface area contributed by atoms with E-state index >= 15 is 0 Å². The monoisotopic (exact) mass is 263 g/mol. The zero-order chi connectivity index (χ0) is 10.3. The summed E-state index contributed by atoms with van der Waals surface area (Å²) in [5, 5.41) is 0.542. The minimum Gasteiger partial charge on any atom is -0.361 e. The lowest BCUT2D eigenvalue weighted by Crippen LogP contribution is -2.05. The lowest BCUT2D eigenvalue weighted by molar-refractivity contribution is -0.136. The van der Waals surface area contributed by atoms with E-state index < -0.39 is 11.7 Å². The van der Waals surface area contributed by atoms with Crippen molar-refractivity contribution in [3.8, 4) is 0 Å². The van der Waals surface area contributed by atoms with Gasteiger partial charge in [-0.25, -0.2) is 0 Å². The Morgan fingerprint density at radius 1 is 1.14 bits per heavy atom. The minimum absolute atomic E-state index is 0.117. The van der Waals surface area contributed by atoms with E-state index in [1.165, 1.54) is 12.3 Å². The van der Waals surface area contributed by atoms with E-state index in [2.05, 4.69) is 20.9 Å². The molecule has 74 valence electrons. The number of alkyl halides is 3. The van der Waals surface area contributed by atoms with Gasteiger partial charge in [-0.1, -0.05) is 15.9 Å². The molecule has 1 aromatic carbocycles. The van der Waals surface area contributed by atoms with Crippen LogP contribution in [0.1, 0.15) is 5.56 Å². The third-order valence-corrected chi connectivity index (χ3v) is 2.67. The number of nitrogens with one attached hydrogen (secondary N) is 1. The van der Waals surface area contributed by atoms with E-state index in [0.717, 1.165) is 6.07 Å². The fourth-order valence-corrected chi connectivity index (χ4v) is 1.82. The highest BCUT2D eigenvalue weighted by Crippen LogP contribution is 2.36. The molecule has 0 unspecified atom stereocenters. The van der Waals surface area contributed by atoms with Crippen LogP contribution in [0.5, 0.6) is 0 Å². The second-order valence-corrected chi connectivity index (χ2v) is 3.71. The van der Waals surface area contributed by atoms with E-state index in [4.69, 9.17) is 0 Å². The number of H-pyrrole nitrogens is 1. The van der Waals surface area contributed by atoms with Gasteiger partial charge in [0.15, 0.2) is 0 Å². The Morgan fingerprint density at radius 3 is 2.50 bits per heavy atom. The second kappa shape index (κ2) is 3.02. The van der Waals surface area contributed by atoms with Gasteiger partial charge in [-0.2, -0.15) is 13.2 Å². The molecule has 5 heteroatoms. The molecule has 1 heterocycles. The molecule has 0 radical (unpaired) electrons. The first-order valence-electron chi connectivity index (χ1n) is 3.83. The van der Waals surface area contributed by atoms with Crippen LogP contribution >= 0.6 is 15.9 Å². The summed E-state index contributed by atoms with van der Waals surface area (Å²) in [5.74, 6) is 0. The Morgan fingerprint density at radius 2 is 1.86 bits per heavy atom. The summed E-state index contributed by atoms with van der Waals surface area (Å²) in [6, 6.07) is 4.07. The highest BCUT2D eigenvalue weighted by Gasteiger charge is 2.33. The zero-order valence-corrected chi connectivity index (χ0v) is 8.41. The number of aromatic amines is 1. The second-order valence-electron chi connectivity index (χ2n) is 2.86. The van der Waals surface area contributed by atoms with E-state index in [9.17, 15) is 13.2 Å². The van der Waals surface area contributed by atoms with Crippen molar-refractivity contribution in [1.29, 1.82) is 0 Å². The van der Waals surface area contributed by atoms with E-state index in [0.29, 0.717) is 9.86 Å². The fraction of sp³-hybridized carbons (Fsp3) is 0.111. The molecule has 0 atom stereocenters. The minimum atomic E-state index is -4.32. The van der Waals surface area contributed by atoms with Crippen molar-refractivity contribution in [2.75, 3.05) is 0 Å². The van der Waals surface area contributed by atoms with E-state index in [-0.39, 0.29) is 5.52 Å². The largest absolute Gasteiger partial charge is 0.418 e. The summed E-state index contributed by atoms with van der Waals surface area (Å²) < 4.78 is 38.1. The summed E-state index contributed by atoms with van der Waals surface area (Å²) >= 11 is 3.19. The first kappa shape index (κ1) is 9.58. The average molecular weight is 264 g/mol. The highest BCUT2D eigenvalue weighted by atomic mass is 79.9. The first-order valence-corrected chi connectivity index (χ1v) is 4.62. The number of fused-ring (bicyclic) bond motifs is 1. The van der Waals surface area contributed by atoms with Crippen LogP contribution in [0.15, 0.2) is 28.9 Å². The van der Waals surface area contributed by atoms with Crippen molar-refractivity contribution < 1.29 is 13.2 Å². The van der Waals surface area contributed by atoms with Crippen LogP contribution in [-0.4, -0.2) is 4.98 Å².